The molecule has 4 heteroatoms. The second-order valence-corrected chi connectivity index (χ2v) is 5.42. The summed E-state index contributed by atoms with van der Waals surface area (Å²) in [5.41, 5.74) is 2.05. The summed E-state index contributed by atoms with van der Waals surface area (Å²) in [5.74, 6) is 1.04. The Morgan fingerprint density at radius 1 is 1.38 bits per heavy atom. The SMILES string of the molecule is CNC(C)(C)c1nc2cc(Br)ccc2n1C. The van der Waals surface area contributed by atoms with E-state index in [4.69, 9.17) is 0 Å². The van der Waals surface area contributed by atoms with Gasteiger partial charge in [0.1, 0.15) is 5.82 Å². The van der Waals surface area contributed by atoms with Gasteiger partial charge in [0.15, 0.2) is 0 Å². The Labute approximate surface area is 104 Å². The Kier molecular flexibility index (Phi) is 2.80. The summed E-state index contributed by atoms with van der Waals surface area (Å²) >= 11 is 3.47. The number of hydrogen-bond donors (Lipinski definition) is 1. The lowest BCUT2D eigenvalue weighted by Crippen LogP contribution is -2.35. The quantitative estimate of drug-likeness (QED) is 0.918. The molecule has 1 heterocycles. The van der Waals surface area contributed by atoms with Gasteiger partial charge in [-0.1, -0.05) is 15.9 Å². The molecule has 0 fully saturated rings. The number of halogens is 1. The van der Waals surface area contributed by atoms with Crippen molar-refractivity contribution in [2.24, 2.45) is 7.05 Å². The van der Waals surface area contributed by atoms with E-state index in [0.29, 0.717) is 0 Å². The number of rotatable bonds is 2. The third-order valence-corrected chi connectivity index (χ3v) is 3.52. The molecule has 0 aliphatic heterocycles. The number of aryl methyl sites for hydroxylation is 1. The highest BCUT2D eigenvalue weighted by molar-refractivity contribution is 9.10. The minimum atomic E-state index is -0.125. The lowest BCUT2D eigenvalue weighted by atomic mass is 10.1. The van der Waals surface area contributed by atoms with Crippen molar-refractivity contribution in [1.82, 2.24) is 14.9 Å². The van der Waals surface area contributed by atoms with E-state index in [1.807, 2.05) is 19.2 Å². The van der Waals surface area contributed by atoms with Crippen molar-refractivity contribution in [3.63, 3.8) is 0 Å². The van der Waals surface area contributed by atoms with Gasteiger partial charge in [0.2, 0.25) is 0 Å². The molecule has 0 spiro atoms. The molecule has 1 aromatic carbocycles. The van der Waals surface area contributed by atoms with Crippen LogP contribution in [0.3, 0.4) is 0 Å². The topological polar surface area (TPSA) is 29.9 Å². The fraction of sp³-hybridized carbons (Fsp3) is 0.417. The van der Waals surface area contributed by atoms with Gasteiger partial charge in [-0.05, 0) is 39.1 Å². The van der Waals surface area contributed by atoms with E-state index < -0.39 is 0 Å². The first-order chi connectivity index (χ1) is 7.45. The van der Waals surface area contributed by atoms with Crippen molar-refractivity contribution in [2.45, 2.75) is 19.4 Å². The standard InChI is InChI=1S/C12H16BrN3/c1-12(2,14-3)11-15-9-7-8(13)5-6-10(9)16(11)4/h5-7,14H,1-4H3. The fourth-order valence-electron chi connectivity index (χ4n) is 1.84. The van der Waals surface area contributed by atoms with E-state index in [2.05, 4.69) is 57.8 Å². The first-order valence-electron chi connectivity index (χ1n) is 5.27. The third kappa shape index (κ3) is 1.76. The minimum Gasteiger partial charge on any atom is -0.330 e. The number of nitrogens with zero attached hydrogens (tertiary/aromatic N) is 2. The first-order valence-corrected chi connectivity index (χ1v) is 6.06. The average Bonchev–Trinajstić information content (AvgIpc) is 2.56. The highest BCUT2D eigenvalue weighted by atomic mass is 79.9. The summed E-state index contributed by atoms with van der Waals surface area (Å²) in [6, 6.07) is 6.17. The van der Waals surface area contributed by atoms with E-state index in [-0.39, 0.29) is 5.54 Å². The van der Waals surface area contributed by atoms with Crippen molar-refractivity contribution >= 4 is 27.0 Å². The van der Waals surface area contributed by atoms with E-state index in [1.54, 1.807) is 0 Å². The van der Waals surface area contributed by atoms with Crippen LogP contribution in [0.5, 0.6) is 0 Å². The van der Waals surface area contributed by atoms with E-state index in [1.165, 1.54) is 0 Å². The van der Waals surface area contributed by atoms with Crippen molar-refractivity contribution < 1.29 is 0 Å². The Hall–Kier alpha value is -0.870. The lowest BCUT2D eigenvalue weighted by Gasteiger charge is -2.23. The van der Waals surface area contributed by atoms with Gasteiger partial charge in [0.25, 0.3) is 0 Å². The molecule has 2 aromatic rings. The molecule has 1 aromatic heterocycles. The molecular formula is C12H16BrN3. The Morgan fingerprint density at radius 2 is 2.06 bits per heavy atom. The van der Waals surface area contributed by atoms with Crippen LogP contribution in [-0.4, -0.2) is 16.6 Å². The van der Waals surface area contributed by atoms with Gasteiger partial charge in [-0.25, -0.2) is 4.98 Å². The predicted molar refractivity (Wildman–Crippen MR) is 70.5 cm³/mol. The Balaban J connectivity index is 2.69. The number of aromatic nitrogens is 2. The minimum absolute atomic E-state index is 0.125. The van der Waals surface area contributed by atoms with Crippen LogP contribution in [0.25, 0.3) is 11.0 Å². The maximum atomic E-state index is 4.69. The van der Waals surface area contributed by atoms with Gasteiger partial charge in [0, 0.05) is 11.5 Å². The summed E-state index contributed by atoms with van der Waals surface area (Å²) < 4.78 is 3.20. The molecule has 86 valence electrons. The van der Waals surface area contributed by atoms with Gasteiger partial charge in [-0.2, -0.15) is 0 Å². The van der Waals surface area contributed by atoms with Crippen LogP contribution in [0, 0.1) is 0 Å². The maximum absolute atomic E-state index is 4.69. The number of benzene rings is 1. The molecule has 0 unspecified atom stereocenters. The monoisotopic (exact) mass is 281 g/mol. The zero-order valence-corrected chi connectivity index (χ0v) is 11.6. The predicted octanol–water partition coefficient (Wildman–Crippen LogP) is 2.79. The van der Waals surface area contributed by atoms with Crippen LogP contribution < -0.4 is 5.32 Å². The molecular weight excluding hydrogens is 266 g/mol. The Morgan fingerprint density at radius 3 is 2.69 bits per heavy atom. The van der Waals surface area contributed by atoms with Crippen LogP contribution >= 0.6 is 15.9 Å². The summed E-state index contributed by atoms with van der Waals surface area (Å²) in [6.45, 7) is 4.26. The van der Waals surface area contributed by atoms with Crippen LogP contribution in [-0.2, 0) is 12.6 Å². The molecule has 2 rings (SSSR count). The van der Waals surface area contributed by atoms with Crippen molar-refractivity contribution in [3.8, 4) is 0 Å². The van der Waals surface area contributed by atoms with Crippen molar-refractivity contribution in [2.75, 3.05) is 7.05 Å². The summed E-state index contributed by atoms with van der Waals surface area (Å²) in [4.78, 5) is 4.69. The highest BCUT2D eigenvalue weighted by Crippen LogP contribution is 2.25. The molecule has 16 heavy (non-hydrogen) atoms. The van der Waals surface area contributed by atoms with Gasteiger partial charge >= 0.3 is 0 Å². The fourth-order valence-corrected chi connectivity index (χ4v) is 2.19. The van der Waals surface area contributed by atoms with Gasteiger partial charge < -0.3 is 9.88 Å². The molecule has 0 saturated heterocycles. The van der Waals surface area contributed by atoms with Crippen LogP contribution in [0.4, 0.5) is 0 Å². The zero-order valence-electron chi connectivity index (χ0n) is 10.0. The molecule has 0 atom stereocenters. The highest BCUT2D eigenvalue weighted by Gasteiger charge is 2.24. The molecule has 0 amide bonds. The second kappa shape index (κ2) is 3.86. The summed E-state index contributed by atoms with van der Waals surface area (Å²) in [5, 5.41) is 3.28. The normalized spacial score (nSPS) is 12.3. The van der Waals surface area contributed by atoms with Crippen LogP contribution in [0.15, 0.2) is 22.7 Å². The number of hydrogen-bond acceptors (Lipinski definition) is 2. The smallest absolute Gasteiger partial charge is 0.129 e. The summed E-state index contributed by atoms with van der Waals surface area (Å²) in [6.07, 6.45) is 0. The largest absolute Gasteiger partial charge is 0.330 e. The molecule has 0 aliphatic carbocycles. The van der Waals surface area contributed by atoms with Gasteiger partial charge in [0.05, 0.1) is 16.6 Å². The number of imidazole rings is 1. The van der Waals surface area contributed by atoms with Gasteiger partial charge in [-0.15, -0.1) is 0 Å². The molecule has 3 nitrogen and oxygen atoms in total. The summed E-state index contributed by atoms with van der Waals surface area (Å²) in [7, 11) is 4.01. The molecule has 0 bridgehead atoms. The molecule has 0 radical (unpaired) electrons. The van der Waals surface area contributed by atoms with E-state index in [9.17, 15) is 0 Å². The van der Waals surface area contributed by atoms with Crippen molar-refractivity contribution in [1.29, 1.82) is 0 Å². The van der Waals surface area contributed by atoms with E-state index >= 15 is 0 Å². The van der Waals surface area contributed by atoms with Crippen molar-refractivity contribution in [3.05, 3.63) is 28.5 Å². The lowest BCUT2D eigenvalue weighted by molar-refractivity contribution is 0.407. The second-order valence-electron chi connectivity index (χ2n) is 4.50. The van der Waals surface area contributed by atoms with E-state index in [0.717, 1.165) is 21.3 Å². The molecule has 1 N–H and O–H groups in total. The van der Waals surface area contributed by atoms with Crippen LogP contribution in [0.1, 0.15) is 19.7 Å². The average molecular weight is 282 g/mol. The maximum Gasteiger partial charge on any atom is 0.129 e. The van der Waals surface area contributed by atoms with Gasteiger partial charge in [-0.3, -0.25) is 0 Å². The number of nitrogens with one attached hydrogen (secondary N) is 1. The molecule has 0 saturated carbocycles. The Bertz CT molecular complexity index is 528. The number of fused-ring (bicyclic) bond motifs is 1. The first kappa shape index (κ1) is 11.6. The zero-order chi connectivity index (χ0) is 11.9. The van der Waals surface area contributed by atoms with Crippen LogP contribution in [0.2, 0.25) is 0 Å². The molecule has 0 aliphatic rings. The third-order valence-electron chi connectivity index (χ3n) is 3.03.